The molecule has 1 aliphatic carbocycles. The van der Waals surface area contributed by atoms with E-state index in [0.29, 0.717) is 6.04 Å². The van der Waals surface area contributed by atoms with Gasteiger partial charge in [-0.2, -0.15) is 0 Å². The SMILES string of the molecule is CC(C)N(Cc1ccc(N)c(F)c1)CC1CC1. The summed E-state index contributed by atoms with van der Waals surface area (Å²) in [7, 11) is 0. The van der Waals surface area contributed by atoms with Gasteiger partial charge < -0.3 is 5.73 Å². The van der Waals surface area contributed by atoms with Crippen LogP contribution < -0.4 is 5.73 Å². The molecule has 2 rings (SSSR count). The van der Waals surface area contributed by atoms with Crippen molar-refractivity contribution in [3.05, 3.63) is 29.6 Å². The van der Waals surface area contributed by atoms with Crippen LogP contribution in [0.2, 0.25) is 0 Å². The molecule has 2 N–H and O–H groups in total. The number of hydrogen-bond donors (Lipinski definition) is 1. The van der Waals surface area contributed by atoms with Crippen LogP contribution in [0.5, 0.6) is 0 Å². The Bertz CT molecular complexity index is 386. The fraction of sp³-hybridized carbons (Fsp3) is 0.571. The number of nitrogen functional groups attached to an aromatic ring is 1. The predicted octanol–water partition coefficient (Wildman–Crippen LogP) is 3.03. The fourth-order valence-electron chi connectivity index (χ4n) is 1.99. The van der Waals surface area contributed by atoms with Gasteiger partial charge in [0.05, 0.1) is 5.69 Å². The highest BCUT2D eigenvalue weighted by atomic mass is 19.1. The van der Waals surface area contributed by atoms with Crippen molar-refractivity contribution in [2.24, 2.45) is 5.92 Å². The standard InChI is InChI=1S/C14H21FN2/c1-10(2)17(8-11-3-4-11)9-12-5-6-14(16)13(15)7-12/h5-7,10-11H,3-4,8-9,16H2,1-2H3. The van der Waals surface area contributed by atoms with Crippen LogP contribution in [0.1, 0.15) is 32.3 Å². The second kappa shape index (κ2) is 5.05. The molecule has 94 valence electrons. The maximum atomic E-state index is 13.4. The molecule has 0 bridgehead atoms. The summed E-state index contributed by atoms with van der Waals surface area (Å²) in [6.45, 7) is 6.32. The number of halogens is 1. The van der Waals surface area contributed by atoms with Crippen molar-refractivity contribution < 1.29 is 4.39 Å². The van der Waals surface area contributed by atoms with Crippen LogP contribution in [0.4, 0.5) is 10.1 Å². The first kappa shape index (κ1) is 12.4. The van der Waals surface area contributed by atoms with E-state index in [2.05, 4.69) is 18.7 Å². The van der Waals surface area contributed by atoms with Gasteiger partial charge in [0.1, 0.15) is 5.82 Å². The van der Waals surface area contributed by atoms with E-state index in [-0.39, 0.29) is 11.5 Å². The zero-order chi connectivity index (χ0) is 12.4. The van der Waals surface area contributed by atoms with E-state index in [1.807, 2.05) is 6.07 Å². The van der Waals surface area contributed by atoms with E-state index < -0.39 is 0 Å². The Balaban J connectivity index is 2.02. The van der Waals surface area contributed by atoms with E-state index in [9.17, 15) is 4.39 Å². The van der Waals surface area contributed by atoms with Crippen molar-refractivity contribution in [2.75, 3.05) is 12.3 Å². The van der Waals surface area contributed by atoms with Crippen molar-refractivity contribution in [1.29, 1.82) is 0 Å². The van der Waals surface area contributed by atoms with Gasteiger partial charge in [0.15, 0.2) is 0 Å². The molecule has 1 aliphatic rings. The van der Waals surface area contributed by atoms with Gasteiger partial charge in [-0.15, -0.1) is 0 Å². The Morgan fingerprint density at radius 2 is 2.12 bits per heavy atom. The second-order valence-electron chi connectivity index (χ2n) is 5.32. The second-order valence-corrected chi connectivity index (χ2v) is 5.32. The third-order valence-corrected chi connectivity index (χ3v) is 3.37. The monoisotopic (exact) mass is 236 g/mol. The lowest BCUT2D eigenvalue weighted by atomic mass is 10.1. The van der Waals surface area contributed by atoms with Crippen LogP contribution in [-0.2, 0) is 6.54 Å². The van der Waals surface area contributed by atoms with Gasteiger partial charge in [-0.3, -0.25) is 4.90 Å². The van der Waals surface area contributed by atoms with Crippen LogP contribution in [-0.4, -0.2) is 17.5 Å². The number of nitrogens with two attached hydrogens (primary N) is 1. The van der Waals surface area contributed by atoms with Crippen LogP contribution in [0, 0.1) is 11.7 Å². The summed E-state index contributed by atoms with van der Waals surface area (Å²) in [4.78, 5) is 2.41. The average molecular weight is 236 g/mol. The Morgan fingerprint density at radius 1 is 1.41 bits per heavy atom. The zero-order valence-electron chi connectivity index (χ0n) is 10.6. The normalized spacial score (nSPS) is 15.8. The first-order chi connectivity index (χ1) is 8.06. The summed E-state index contributed by atoms with van der Waals surface area (Å²) in [6, 6.07) is 5.62. The van der Waals surface area contributed by atoms with Crippen LogP contribution >= 0.6 is 0 Å². The molecule has 0 aliphatic heterocycles. The lowest BCUT2D eigenvalue weighted by molar-refractivity contribution is 0.203. The maximum absolute atomic E-state index is 13.4. The van der Waals surface area contributed by atoms with Crippen LogP contribution in [0.3, 0.4) is 0 Å². The molecule has 1 saturated carbocycles. The highest BCUT2D eigenvalue weighted by molar-refractivity contribution is 5.41. The Labute approximate surface area is 103 Å². The van der Waals surface area contributed by atoms with Gasteiger partial charge in [-0.1, -0.05) is 6.07 Å². The lowest BCUT2D eigenvalue weighted by Gasteiger charge is -2.26. The van der Waals surface area contributed by atoms with Crippen molar-refractivity contribution >= 4 is 5.69 Å². The van der Waals surface area contributed by atoms with Gasteiger partial charge >= 0.3 is 0 Å². The van der Waals surface area contributed by atoms with Crippen molar-refractivity contribution in [3.8, 4) is 0 Å². The molecule has 1 aromatic carbocycles. The number of anilines is 1. The highest BCUT2D eigenvalue weighted by Crippen LogP contribution is 2.30. The predicted molar refractivity (Wildman–Crippen MR) is 69.1 cm³/mol. The van der Waals surface area contributed by atoms with E-state index in [1.165, 1.54) is 12.8 Å². The third-order valence-electron chi connectivity index (χ3n) is 3.37. The topological polar surface area (TPSA) is 29.3 Å². The molecule has 3 heteroatoms. The van der Waals surface area contributed by atoms with Gasteiger partial charge in [-0.05, 0) is 50.3 Å². The summed E-state index contributed by atoms with van der Waals surface area (Å²) in [5.74, 6) is 0.550. The largest absolute Gasteiger partial charge is 0.396 e. The first-order valence-electron chi connectivity index (χ1n) is 6.34. The minimum Gasteiger partial charge on any atom is -0.396 e. The Hall–Kier alpha value is -1.09. The molecular formula is C14H21FN2. The summed E-state index contributed by atoms with van der Waals surface area (Å²) < 4.78 is 13.4. The molecule has 0 aromatic heterocycles. The quantitative estimate of drug-likeness (QED) is 0.796. The molecule has 0 saturated heterocycles. The minimum absolute atomic E-state index is 0.229. The van der Waals surface area contributed by atoms with Crippen LogP contribution in [0.25, 0.3) is 0 Å². The van der Waals surface area contributed by atoms with Gasteiger partial charge in [0.25, 0.3) is 0 Å². The number of hydrogen-bond acceptors (Lipinski definition) is 2. The molecule has 1 aromatic rings. The first-order valence-corrected chi connectivity index (χ1v) is 6.34. The average Bonchev–Trinajstić information content (AvgIpc) is 3.06. The summed E-state index contributed by atoms with van der Waals surface area (Å²) in [5.41, 5.74) is 6.72. The molecule has 0 spiro atoms. The van der Waals surface area contributed by atoms with Crippen molar-refractivity contribution in [1.82, 2.24) is 4.90 Å². The number of nitrogens with zero attached hydrogens (tertiary/aromatic N) is 1. The number of rotatable bonds is 5. The smallest absolute Gasteiger partial charge is 0.146 e. The molecule has 0 atom stereocenters. The summed E-state index contributed by atoms with van der Waals surface area (Å²) >= 11 is 0. The minimum atomic E-state index is -0.308. The van der Waals surface area contributed by atoms with Gasteiger partial charge in [-0.25, -0.2) is 4.39 Å². The van der Waals surface area contributed by atoms with Crippen molar-refractivity contribution in [3.63, 3.8) is 0 Å². The molecule has 0 radical (unpaired) electrons. The molecule has 2 nitrogen and oxygen atoms in total. The molecule has 17 heavy (non-hydrogen) atoms. The fourth-order valence-corrected chi connectivity index (χ4v) is 1.99. The lowest BCUT2D eigenvalue weighted by Crippen LogP contribution is -2.32. The van der Waals surface area contributed by atoms with E-state index in [4.69, 9.17) is 5.73 Å². The van der Waals surface area contributed by atoms with Gasteiger partial charge in [0, 0.05) is 19.1 Å². The Morgan fingerprint density at radius 3 is 2.65 bits per heavy atom. The molecule has 1 fully saturated rings. The van der Waals surface area contributed by atoms with Crippen molar-refractivity contribution in [2.45, 2.75) is 39.3 Å². The summed E-state index contributed by atoms with van der Waals surface area (Å²) in [6.07, 6.45) is 2.69. The molecule has 0 heterocycles. The van der Waals surface area contributed by atoms with E-state index >= 15 is 0 Å². The number of benzene rings is 1. The zero-order valence-corrected chi connectivity index (χ0v) is 10.6. The molecule has 0 unspecified atom stereocenters. The van der Waals surface area contributed by atoms with Crippen LogP contribution in [0.15, 0.2) is 18.2 Å². The highest BCUT2D eigenvalue weighted by Gasteiger charge is 2.25. The van der Waals surface area contributed by atoms with E-state index in [1.54, 1.807) is 12.1 Å². The van der Waals surface area contributed by atoms with Gasteiger partial charge in [0.2, 0.25) is 0 Å². The molecular weight excluding hydrogens is 215 g/mol. The van der Waals surface area contributed by atoms with E-state index in [0.717, 1.165) is 24.6 Å². The maximum Gasteiger partial charge on any atom is 0.146 e. The molecule has 0 amide bonds. The Kier molecular flexibility index (Phi) is 3.67. The third kappa shape index (κ3) is 3.43. The summed E-state index contributed by atoms with van der Waals surface area (Å²) in [5, 5.41) is 0.